The summed E-state index contributed by atoms with van der Waals surface area (Å²) >= 11 is 7.04. The number of hydrogen-bond acceptors (Lipinski definition) is 5. The minimum absolute atomic E-state index is 0.0895. The van der Waals surface area contributed by atoms with Gasteiger partial charge in [0.25, 0.3) is 0 Å². The van der Waals surface area contributed by atoms with Crippen molar-refractivity contribution >= 4 is 35.2 Å². The van der Waals surface area contributed by atoms with Gasteiger partial charge in [0.15, 0.2) is 0 Å². The van der Waals surface area contributed by atoms with Gasteiger partial charge in [0, 0.05) is 11.6 Å². The van der Waals surface area contributed by atoms with Crippen molar-refractivity contribution in [1.82, 2.24) is 20.5 Å². The van der Waals surface area contributed by atoms with Crippen LogP contribution < -0.4 is 11.1 Å². The molecule has 20 heavy (non-hydrogen) atoms. The second-order valence-electron chi connectivity index (χ2n) is 4.11. The number of carbonyl (C=O) groups excluding carboxylic acids is 1. The molecule has 0 bridgehead atoms. The molecule has 4 N–H and O–H groups in total. The van der Waals surface area contributed by atoms with Crippen molar-refractivity contribution < 1.29 is 4.79 Å². The summed E-state index contributed by atoms with van der Waals surface area (Å²) in [6, 6.07) is 7.32. The molecule has 1 aromatic carbocycles. The molecule has 106 valence electrons. The van der Waals surface area contributed by atoms with E-state index >= 15 is 0 Å². The second kappa shape index (κ2) is 6.62. The van der Waals surface area contributed by atoms with Crippen molar-refractivity contribution in [2.24, 2.45) is 0 Å². The number of nitrogens with two attached hydrogens (primary N) is 1. The highest BCUT2D eigenvalue weighted by Crippen LogP contribution is 2.19. The monoisotopic (exact) mass is 311 g/mol. The Kier molecular flexibility index (Phi) is 4.86. The van der Waals surface area contributed by atoms with Gasteiger partial charge in [-0.1, -0.05) is 35.5 Å². The van der Waals surface area contributed by atoms with Gasteiger partial charge in [0.1, 0.15) is 0 Å². The number of H-pyrrole nitrogens is 1. The molecule has 2 rings (SSSR count). The predicted octanol–water partition coefficient (Wildman–Crippen LogP) is 1.84. The molecule has 1 aromatic heterocycles. The highest BCUT2D eigenvalue weighted by atomic mass is 35.5. The Morgan fingerprint density at radius 2 is 2.20 bits per heavy atom. The zero-order valence-electron chi connectivity index (χ0n) is 10.8. The minimum atomic E-state index is -0.308. The molecule has 2 aromatic rings. The topological polar surface area (TPSA) is 96.7 Å². The van der Waals surface area contributed by atoms with E-state index in [1.165, 1.54) is 11.8 Å². The van der Waals surface area contributed by atoms with Crippen LogP contribution in [0, 0.1) is 0 Å². The Morgan fingerprint density at radius 3 is 2.80 bits per heavy atom. The van der Waals surface area contributed by atoms with Crippen LogP contribution >= 0.6 is 23.4 Å². The molecule has 1 atom stereocenters. The molecule has 0 saturated carbocycles. The van der Waals surface area contributed by atoms with Crippen molar-refractivity contribution in [3.05, 3.63) is 34.9 Å². The summed E-state index contributed by atoms with van der Waals surface area (Å²) in [6.45, 7) is 2.24. The maximum absolute atomic E-state index is 11.9. The van der Waals surface area contributed by atoms with Gasteiger partial charge in [-0.2, -0.15) is 4.98 Å². The Bertz CT molecular complexity index is 586. The van der Waals surface area contributed by atoms with Crippen molar-refractivity contribution in [1.29, 1.82) is 0 Å². The number of rotatable bonds is 5. The Hall–Kier alpha value is -1.73. The quantitative estimate of drug-likeness (QED) is 0.732. The maximum atomic E-state index is 11.9. The van der Waals surface area contributed by atoms with E-state index in [4.69, 9.17) is 17.3 Å². The zero-order valence-corrected chi connectivity index (χ0v) is 12.3. The SMILES string of the molecule is CC(Sc1n[nH]c(N)n1)C(=O)NCc1ccc(Cl)cc1. The molecule has 8 heteroatoms. The molecule has 1 amide bonds. The molecular weight excluding hydrogens is 298 g/mol. The average molecular weight is 312 g/mol. The smallest absolute Gasteiger partial charge is 0.233 e. The van der Waals surface area contributed by atoms with Crippen molar-refractivity contribution in [3.63, 3.8) is 0 Å². The van der Waals surface area contributed by atoms with Crippen LogP contribution in [0.1, 0.15) is 12.5 Å². The fourth-order valence-electron chi connectivity index (χ4n) is 1.46. The predicted molar refractivity (Wildman–Crippen MR) is 79.4 cm³/mol. The van der Waals surface area contributed by atoms with Crippen LogP contribution in [0.3, 0.4) is 0 Å². The van der Waals surface area contributed by atoms with Crippen LogP contribution in [0.2, 0.25) is 5.02 Å². The van der Waals surface area contributed by atoms with E-state index < -0.39 is 0 Å². The summed E-state index contributed by atoms with van der Waals surface area (Å²) in [5.41, 5.74) is 6.41. The van der Waals surface area contributed by atoms with Gasteiger partial charge in [0.05, 0.1) is 5.25 Å². The van der Waals surface area contributed by atoms with Gasteiger partial charge < -0.3 is 11.1 Å². The van der Waals surface area contributed by atoms with Crippen molar-refractivity contribution in [2.75, 3.05) is 5.73 Å². The second-order valence-corrected chi connectivity index (χ2v) is 5.85. The fourth-order valence-corrected chi connectivity index (χ4v) is 2.34. The molecule has 1 heterocycles. The first kappa shape index (κ1) is 14.7. The lowest BCUT2D eigenvalue weighted by Gasteiger charge is -2.10. The van der Waals surface area contributed by atoms with Gasteiger partial charge >= 0.3 is 0 Å². The molecule has 1 unspecified atom stereocenters. The normalized spacial score (nSPS) is 12.1. The average Bonchev–Trinajstić information content (AvgIpc) is 2.83. The summed E-state index contributed by atoms with van der Waals surface area (Å²) in [5.74, 6) is 0.148. The number of carbonyl (C=O) groups is 1. The molecule has 0 aliphatic heterocycles. The fraction of sp³-hybridized carbons (Fsp3) is 0.250. The van der Waals surface area contributed by atoms with Crippen molar-refractivity contribution in [3.8, 4) is 0 Å². The largest absolute Gasteiger partial charge is 0.368 e. The van der Waals surface area contributed by atoms with E-state index in [9.17, 15) is 4.79 Å². The summed E-state index contributed by atoms with van der Waals surface area (Å²) < 4.78 is 0. The highest BCUT2D eigenvalue weighted by molar-refractivity contribution is 8.00. The number of aromatic nitrogens is 3. The highest BCUT2D eigenvalue weighted by Gasteiger charge is 2.16. The maximum Gasteiger partial charge on any atom is 0.233 e. The molecule has 0 saturated heterocycles. The van der Waals surface area contributed by atoms with Crippen LogP contribution in [-0.4, -0.2) is 26.3 Å². The Morgan fingerprint density at radius 1 is 1.50 bits per heavy atom. The lowest BCUT2D eigenvalue weighted by atomic mass is 10.2. The molecule has 0 aliphatic rings. The van der Waals surface area contributed by atoms with E-state index in [0.717, 1.165) is 5.56 Å². The first-order valence-corrected chi connectivity index (χ1v) is 7.17. The molecular formula is C12H14ClN5OS. The number of anilines is 1. The summed E-state index contributed by atoms with van der Waals surface area (Å²) in [7, 11) is 0. The lowest BCUT2D eigenvalue weighted by molar-refractivity contribution is -0.120. The Balaban J connectivity index is 1.83. The zero-order chi connectivity index (χ0) is 14.5. The Labute approximate surface area is 125 Å². The van der Waals surface area contributed by atoms with Gasteiger partial charge in [-0.15, -0.1) is 5.10 Å². The number of benzene rings is 1. The summed E-state index contributed by atoms with van der Waals surface area (Å²) in [5, 5.41) is 10.1. The van der Waals surface area contributed by atoms with Gasteiger partial charge in [-0.05, 0) is 24.6 Å². The van der Waals surface area contributed by atoms with E-state index in [2.05, 4.69) is 20.5 Å². The summed E-state index contributed by atoms with van der Waals surface area (Å²) in [6.07, 6.45) is 0. The minimum Gasteiger partial charge on any atom is -0.368 e. The van der Waals surface area contributed by atoms with Crippen molar-refractivity contribution in [2.45, 2.75) is 23.9 Å². The number of aromatic amines is 1. The summed E-state index contributed by atoms with van der Waals surface area (Å²) in [4.78, 5) is 15.9. The standard InChI is InChI=1S/C12H14ClN5OS/c1-7(20-12-16-11(14)17-18-12)10(19)15-6-8-2-4-9(13)5-3-8/h2-5,7H,6H2,1H3,(H,15,19)(H3,14,16,17,18). The number of thioether (sulfide) groups is 1. The lowest BCUT2D eigenvalue weighted by Crippen LogP contribution is -2.30. The molecule has 0 spiro atoms. The van der Waals surface area contributed by atoms with Crippen LogP contribution in [0.15, 0.2) is 29.4 Å². The number of nitrogen functional groups attached to an aromatic ring is 1. The third-order valence-electron chi connectivity index (χ3n) is 2.51. The molecule has 0 fully saturated rings. The van der Waals surface area contributed by atoms with E-state index in [0.29, 0.717) is 16.7 Å². The van der Waals surface area contributed by atoms with E-state index in [1.807, 2.05) is 12.1 Å². The van der Waals surface area contributed by atoms with Crippen LogP contribution in [0.4, 0.5) is 5.95 Å². The van der Waals surface area contributed by atoms with Crippen LogP contribution in [-0.2, 0) is 11.3 Å². The van der Waals surface area contributed by atoms with Crippen LogP contribution in [0.25, 0.3) is 0 Å². The van der Waals surface area contributed by atoms with Gasteiger partial charge in [-0.25, -0.2) is 5.10 Å². The number of amides is 1. The van der Waals surface area contributed by atoms with Crippen LogP contribution in [0.5, 0.6) is 0 Å². The first-order valence-electron chi connectivity index (χ1n) is 5.91. The number of hydrogen-bond donors (Lipinski definition) is 3. The molecule has 6 nitrogen and oxygen atoms in total. The van der Waals surface area contributed by atoms with Gasteiger partial charge in [-0.3, -0.25) is 4.79 Å². The van der Waals surface area contributed by atoms with E-state index in [1.54, 1.807) is 19.1 Å². The number of halogens is 1. The molecule has 0 aliphatic carbocycles. The third-order valence-corrected chi connectivity index (χ3v) is 3.73. The molecule has 0 radical (unpaired) electrons. The third kappa shape index (κ3) is 4.14. The number of nitrogens with one attached hydrogen (secondary N) is 2. The van der Waals surface area contributed by atoms with Gasteiger partial charge in [0.2, 0.25) is 17.0 Å². The van der Waals surface area contributed by atoms with E-state index in [-0.39, 0.29) is 17.1 Å². The first-order chi connectivity index (χ1) is 9.54. The number of nitrogens with zero attached hydrogens (tertiary/aromatic N) is 2.